The van der Waals surface area contributed by atoms with Gasteiger partial charge in [0.25, 0.3) is 5.56 Å². The third kappa shape index (κ3) is 5.82. The molecule has 3 heterocycles. The Hall–Kier alpha value is -3.13. The molecular formula is C25H33N5O3. The Labute approximate surface area is 194 Å². The maximum absolute atomic E-state index is 12.9. The molecule has 2 N–H and O–H groups in total. The van der Waals surface area contributed by atoms with Crippen LogP contribution in [-0.2, 0) is 4.79 Å². The van der Waals surface area contributed by atoms with Crippen LogP contribution in [0.25, 0.3) is 11.1 Å². The van der Waals surface area contributed by atoms with E-state index in [0.717, 1.165) is 30.5 Å². The first-order chi connectivity index (χ1) is 16.1. The second kappa shape index (κ2) is 10.7. The Bertz CT molecular complexity index is 1040. The van der Waals surface area contributed by atoms with Crippen molar-refractivity contribution >= 4 is 11.6 Å². The van der Waals surface area contributed by atoms with Crippen LogP contribution in [0.2, 0.25) is 0 Å². The van der Waals surface area contributed by atoms with Crippen LogP contribution >= 0.6 is 0 Å². The fourth-order valence-corrected chi connectivity index (χ4v) is 4.36. The number of H-pyrrole nitrogens is 1. The summed E-state index contributed by atoms with van der Waals surface area (Å²) in [6.07, 6.45) is 11.1. The number of piperidine rings is 1. The lowest BCUT2D eigenvalue weighted by Gasteiger charge is -2.39. The zero-order chi connectivity index (χ0) is 23.2. The van der Waals surface area contributed by atoms with E-state index in [9.17, 15) is 9.59 Å². The zero-order valence-electron chi connectivity index (χ0n) is 19.4. The molecule has 1 saturated heterocycles. The molecule has 1 aliphatic heterocycles. The number of aromatic amines is 1. The first kappa shape index (κ1) is 23.0. The molecule has 2 aliphatic rings. The number of pyridine rings is 2. The van der Waals surface area contributed by atoms with Crippen molar-refractivity contribution in [1.29, 1.82) is 0 Å². The molecule has 2 aromatic heterocycles. The normalized spacial score (nSPS) is 16.8. The van der Waals surface area contributed by atoms with E-state index in [1.54, 1.807) is 25.6 Å². The minimum absolute atomic E-state index is 0.0592. The first-order valence-electron chi connectivity index (χ1n) is 11.7. The molecule has 1 saturated carbocycles. The molecule has 0 unspecified atom stereocenters. The monoisotopic (exact) mass is 451 g/mol. The molecule has 8 heteroatoms. The Morgan fingerprint density at radius 1 is 1.27 bits per heavy atom. The van der Waals surface area contributed by atoms with Gasteiger partial charge in [-0.25, -0.2) is 4.98 Å². The van der Waals surface area contributed by atoms with Gasteiger partial charge in [0.2, 0.25) is 11.8 Å². The van der Waals surface area contributed by atoms with Gasteiger partial charge in [0, 0.05) is 62.3 Å². The highest BCUT2D eigenvalue weighted by atomic mass is 16.5. The van der Waals surface area contributed by atoms with Gasteiger partial charge in [0.1, 0.15) is 5.69 Å². The molecule has 0 radical (unpaired) electrons. The molecule has 1 aliphatic carbocycles. The number of carbonyl (C=O) groups is 1. The average molecular weight is 452 g/mol. The molecule has 8 nitrogen and oxygen atoms in total. The van der Waals surface area contributed by atoms with Gasteiger partial charge in [-0.2, -0.15) is 0 Å². The van der Waals surface area contributed by atoms with Crippen molar-refractivity contribution in [3.8, 4) is 17.0 Å². The zero-order valence-corrected chi connectivity index (χ0v) is 19.4. The van der Waals surface area contributed by atoms with Crippen molar-refractivity contribution in [2.24, 2.45) is 5.92 Å². The Morgan fingerprint density at radius 2 is 2.06 bits per heavy atom. The van der Waals surface area contributed by atoms with Crippen molar-refractivity contribution < 1.29 is 9.53 Å². The van der Waals surface area contributed by atoms with Gasteiger partial charge in [0.15, 0.2) is 0 Å². The maximum atomic E-state index is 12.9. The lowest BCUT2D eigenvalue weighted by Crippen LogP contribution is -2.48. The summed E-state index contributed by atoms with van der Waals surface area (Å²) in [6, 6.07) is 6.00. The number of ether oxygens (including phenoxy) is 1. The third-order valence-corrected chi connectivity index (χ3v) is 6.42. The smallest absolute Gasteiger partial charge is 0.271 e. The van der Waals surface area contributed by atoms with Crippen LogP contribution in [0.3, 0.4) is 0 Å². The van der Waals surface area contributed by atoms with Crippen molar-refractivity contribution in [3.05, 3.63) is 53.1 Å². The summed E-state index contributed by atoms with van der Waals surface area (Å²) in [5, 5.41) is 3.01. The number of nitrogens with zero attached hydrogens (tertiary/aromatic N) is 3. The molecule has 0 bridgehead atoms. The predicted octanol–water partition coefficient (Wildman–Crippen LogP) is 2.43. The number of aromatic nitrogens is 2. The molecule has 0 aromatic carbocycles. The van der Waals surface area contributed by atoms with Crippen LogP contribution in [-0.4, -0.2) is 67.2 Å². The van der Waals surface area contributed by atoms with E-state index in [1.165, 1.54) is 12.8 Å². The number of carbonyl (C=O) groups excluding carboxylic acids is 1. The quantitative estimate of drug-likeness (QED) is 0.569. The van der Waals surface area contributed by atoms with Gasteiger partial charge in [0.05, 0.1) is 7.11 Å². The number of hydrogen-bond donors (Lipinski definition) is 2. The van der Waals surface area contributed by atoms with E-state index in [0.29, 0.717) is 37.1 Å². The summed E-state index contributed by atoms with van der Waals surface area (Å²) >= 11 is 0. The topological polar surface area (TPSA) is 90.6 Å². The van der Waals surface area contributed by atoms with Crippen LogP contribution < -0.4 is 20.5 Å². The number of likely N-dealkylation sites (tertiary alicyclic amines) is 1. The van der Waals surface area contributed by atoms with Crippen LogP contribution in [0.4, 0.5) is 5.69 Å². The number of anilines is 1. The average Bonchev–Trinajstić information content (AvgIpc) is 3.67. The second-order valence-corrected chi connectivity index (χ2v) is 8.80. The summed E-state index contributed by atoms with van der Waals surface area (Å²) < 4.78 is 5.26. The van der Waals surface area contributed by atoms with Crippen molar-refractivity contribution in [2.45, 2.75) is 31.7 Å². The lowest BCUT2D eigenvalue weighted by atomic mass is 10.0. The number of likely N-dealkylation sites (N-methyl/N-ethyl adjacent to an activating group) is 1. The number of nitrogens with one attached hydrogen (secondary N) is 2. The van der Waals surface area contributed by atoms with E-state index in [-0.39, 0.29) is 17.5 Å². The predicted molar refractivity (Wildman–Crippen MR) is 130 cm³/mol. The largest absolute Gasteiger partial charge is 0.481 e. The molecule has 4 rings (SSSR count). The Morgan fingerprint density at radius 3 is 2.76 bits per heavy atom. The highest BCUT2D eigenvalue weighted by Gasteiger charge is 2.32. The van der Waals surface area contributed by atoms with Crippen LogP contribution in [0.15, 0.2) is 47.5 Å². The van der Waals surface area contributed by atoms with Crippen LogP contribution in [0.1, 0.15) is 25.7 Å². The van der Waals surface area contributed by atoms with Crippen molar-refractivity contribution in [2.75, 3.05) is 45.2 Å². The minimum Gasteiger partial charge on any atom is -0.481 e. The maximum Gasteiger partial charge on any atom is 0.271 e. The highest BCUT2D eigenvalue weighted by Crippen LogP contribution is 2.34. The number of rotatable bonds is 9. The molecule has 1 amide bonds. The summed E-state index contributed by atoms with van der Waals surface area (Å²) in [6.45, 7) is 2.97. The number of hydrogen-bond acceptors (Lipinski definition) is 6. The summed E-state index contributed by atoms with van der Waals surface area (Å²) in [4.78, 5) is 36.7. The lowest BCUT2D eigenvalue weighted by molar-refractivity contribution is -0.127. The highest BCUT2D eigenvalue weighted by molar-refractivity contribution is 5.87. The van der Waals surface area contributed by atoms with E-state index in [4.69, 9.17) is 4.74 Å². The fourth-order valence-electron chi connectivity index (χ4n) is 4.36. The fraction of sp³-hybridized carbons (Fsp3) is 0.480. The van der Waals surface area contributed by atoms with E-state index >= 15 is 0 Å². The molecule has 33 heavy (non-hydrogen) atoms. The van der Waals surface area contributed by atoms with Gasteiger partial charge >= 0.3 is 0 Å². The van der Waals surface area contributed by atoms with Gasteiger partial charge in [-0.1, -0.05) is 6.08 Å². The number of methoxy groups -OCH3 is 1. The van der Waals surface area contributed by atoms with E-state index in [1.807, 2.05) is 36.2 Å². The van der Waals surface area contributed by atoms with Gasteiger partial charge < -0.3 is 24.8 Å². The van der Waals surface area contributed by atoms with Gasteiger partial charge in [-0.05, 0) is 56.3 Å². The molecule has 176 valence electrons. The van der Waals surface area contributed by atoms with Crippen molar-refractivity contribution in [3.63, 3.8) is 0 Å². The SMILES string of the molecule is CNC/C=C/C(=O)N1CCC(N(CC2CC2)c2cc(-c3ccnc(OC)c3)c[nH]c2=O)CC1. The molecular weight excluding hydrogens is 418 g/mol. The first-order valence-corrected chi connectivity index (χ1v) is 11.7. The van der Waals surface area contributed by atoms with E-state index < -0.39 is 0 Å². The Balaban J connectivity index is 1.53. The standard InChI is InChI=1S/C25H33N5O3/c1-26-10-3-4-24(31)29-12-8-21(9-13-29)30(17-18-5-6-18)22-14-20(16-28-25(22)32)19-7-11-27-23(15-19)33-2/h3-4,7,11,14-16,18,21,26H,5-6,8-10,12-13,17H2,1-2H3,(H,28,32)/b4-3+. The van der Waals surface area contributed by atoms with Gasteiger partial charge in [-0.3, -0.25) is 9.59 Å². The second-order valence-electron chi connectivity index (χ2n) is 8.80. The molecule has 2 aromatic rings. The molecule has 0 spiro atoms. The summed E-state index contributed by atoms with van der Waals surface area (Å²) in [5.74, 6) is 1.23. The summed E-state index contributed by atoms with van der Waals surface area (Å²) in [5.41, 5.74) is 2.50. The van der Waals surface area contributed by atoms with Crippen LogP contribution in [0.5, 0.6) is 5.88 Å². The summed E-state index contributed by atoms with van der Waals surface area (Å²) in [7, 11) is 3.45. The molecule has 2 fully saturated rings. The number of amides is 1. The Kier molecular flexibility index (Phi) is 7.44. The molecule has 0 atom stereocenters. The van der Waals surface area contributed by atoms with Gasteiger partial charge in [-0.15, -0.1) is 0 Å². The minimum atomic E-state index is -0.0751. The van der Waals surface area contributed by atoms with Crippen molar-refractivity contribution in [1.82, 2.24) is 20.2 Å². The third-order valence-electron chi connectivity index (χ3n) is 6.42. The van der Waals surface area contributed by atoms with E-state index in [2.05, 4.69) is 20.2 Å². The van der Waals surface area contributed by atoms with Crippen LogP contribution in [0, 0.1) is 5.92 Å².